The van der Waals surface area contributed by atoms with E-state index in [4.69, 9.17) is 14.4 Å². The number of benzene rings is 1. The lowest BCUT2D eigenvalue weighted by molar-refractivity contribution is 0.548. The van der Waals surface area contributed by atoms with Gasteiger partial charge in [0, 0.05) is 41.6 Å². The van der Waals surface area contributed by atoms with Crippen LogP contribution >= 0.6 is 15.9 Å². The summed E-state index contributed by atoms with van der Waals surface area (Å²) in [5.74, 6) is 3.14. The Morgan fingerprint density at radius 2 is 2.03 bits per heavy atom. The maximum atomic E-state index is 5.56. The Kier molecular flexibility index (Phi) is 6.46. The second-order valence-corrected chi connectivity index (χ2v) is 9.03. The minimum Gasteiger partial charge on any atom is -0.465 e. The molecule has 1 aliphatic rings. The second kappa shape index (κ2) is 9.27. The monoisotopic (exact) mass is 480 g/mol. The van der Waals surface area contributed by atoms with Crippen LogP contribution in [0.3, 0.4) is 0 Å². The van der Waals surface area contributed by atoms with Gasteiger partial charge < -0.3 is 14.2 Å². The molecule has 0 bridgehead atoms. The molecule has 31 heavy (non-hydrogen) atoms. The van der Waals surface area contributed by atoms with Gasteiger partial charge in [-0.3, -0.25) is 0 Å². The lowest BCUT2D eigenvalue weighted by Crippen LogP contribution is -2.30. The van der Waals surface area contributed by atoms with E-state index in [0.717, 1.165) is 59.4 Å². The first kappa shape index (κ1) is 21.6. The predicted octanol–water partition coefficient (Wildman–Crippen LogP) is 6.72. The molecule has 2 aromatic heterocycles. The lowest BCUT2D eigenvalue weighted by atomic mass is 10.0. The van der Waals surface area contributed by atoms with E-state index in [1.165, 1.54) is 11.1 Å². The Labute approximate surface area is 192 Å². The minimum atomic E-state index is 0.471. The van der Waals surface area contributed by atoms with Crippen molar-refractivity contribution >= 4 is 39.0 Å². The van der Waals surface area contributed by atoms with Crippen LogP contribution in [0, 0.1) is 6.92 Å². The van der Waals surface area contributed by atoms with Crippen molar-refractivity contribution < 1.29 is 4.42 Å². The molecule has 0 spiro atoms. The molecule has 0 aliphatic carbocycles. The van der Waals surface area contributed by atoms with Gasteiger partial charge in [0.1, 0.15) is 11.6 Å². The van der Waals surface area contributed by atoms with E-state index in [0.29, 0.717) is 5.92 Å². The van der Waals surface area contributed by atoms with Crippen LogP contribution in [0.2, 0.25) is 0 Å². The van der Waals surface area contributed by atoms with Crippen LogP contribution in [0.5, 0.6) is 0 Å². The van der Waals surface area contributed by atoms with E-state index in [2.05, 4.69) is 76.8 Å². The van der Waals surface area contributed by atoms with E-state index in [9.17, 15) is 0 Å². The van der Waals surface area contributed by atoms with E-state index < -0.39 is 0 Å². The van der Waals surface area contributed by atoms with Gasteiger partial charge in [-0.2, -0.15) is 4.98 Å². The third kappa shape index (κ3) is 4.69. The maximum Gasteiger partial charge on any atom is 0.232 e. The fourth-order valence-electron chi connectivity index (χ4n) is 3.97. The van der Waals surface area contributed by atoms with Crippen LogP contribution in [0.15, 0.2) is 57.6 Å². The molecule has 0 atom stereocenters. The van der Waals surface area contributed by atoms with Gasteiger partial charge in [0.2, 0.25) is 5.95 Å². The van der Waals surface area contributed by atoms with Gasteiger partial charge in [0.25, 0.3) is 0 Å². The van der Waals surface area contributed by atoms with Crippen LogP contribution in [0.25, 0.3) is 5.57 Å². The van der Waals surface area contributed by atoms with Crippen molar-refractivity contribution in [2.75, 3.05) is 29.4 Å². The Bertz CT molecular complexity index is 1080. The standard InChI is InChI=1S/C25H29BrN4O/c1-5-30(20-8-9-21(17(2)3)22(26)16-20)25-27-18(4)15-24(28-25)29-12-10-19(11-13-29)23-7-6-14-31-23/h6-10,14-17H,5,11-13H2,1-4H3. The van der Waals surface area contributed by atoms with E-state index in [1.54, 1.807) is 6.26 Å². The van der Waals surface area contributed by atoms with E-state index in [-0.39, 0.29) is 0 Å². The molecular weight excluding hydrogens is 452 g/mol. The summed E-state index contributed by atoms with van der Waals surface area (Å²) in [6.45, 7) is 11.1. The molecule has 0 saturated carbocycles. The van der Waals surface area contributed by atoms with Gasteiger partial charge in [0.05, 0.1) is 6.26 Å². The summed E-state index contributed by atoms with van der Waals surface area (Å²) >= 11 is 3.74. The molecule has 0 radical (unpaired) electrons. The first-order valence-corrected chi connectivity index (χ1v) is 11.7. The molecule has 162 valence electrons. The highest BCUT2D eigenvalue weighted by Gasteiger charge is 2.19. The number of rotatable bonds is 6. The highest BCUT2D eigenvalue weighted by atomic mass is 79.9. The number of hydrogen-bond acceptors (Lipinski definition) is 5. The number of nitrogens with zero attached hydrogens (tertiary/aromatic N) is 4. The highest BCUT2D eigenvalue weighted by Crippen LogP contribution is 2.32. The molecule has 0 fully saturated rings. The molecule has 5 nitrogen and oxygen atoms in total. The second-order valence-electron chi connectivity index (χ2n) is 8.17. The van der Waals surface area contributed by atoms with Gasteiger partial charge in [-0.15, -0.1) is 0 Å². The van der Waals surface area contributed by atoms with Crippen molar-refractivity contribution in [1.82, 2.24) is 9.97 Å². The fourth-order valence-corrected chi connectivity index (χ4v) is 4.80. The lowest BCUT2D eigenvalue weighted by Gasteiger charge is -2.29. The van der Waals surface area contributed by atoms with Crippen LogP contribution in [-0.4, -0.2) is 29.6 Å². The molecule has 1 aliphatic heterocycles. The molecular formula is C25H29BrN4O. The topological polar surface area (TPSA) is 45.4 Å². The Hall–Kier alpha value is -2.60. The SMILES string of the molecule is CCN(c1ccc(C(C)C)c(Br)c1)c1nc(C)cc(N2CC=C(c3ccco3)CC2)n1. The third-order valence-electron chi connectivity index (χ3n) is 5.68. The van der Waals surface area contributed by atoms with Crippen molar-refractivity contribution in [3.05, 3.63) is 70.2 Å². The van der Waals surface area contributed by atoms with Gasteiger partial charge in [-0.1, -0.05) is 41.9 Å². The Balaban J connectivity index is 1.60. The Morgan fingerprint density at radius 1 is 1.19 bits per heavy atom. The molecule has 0 amide bonds. The Morgan fingerprint density at radius 3 is 2.65 bits per heavy atom. The average Bonchev–Trinajstić information content (AvgIpc) is 3.29. The van der Waals surface area contributed by atoms with Crippen molar-refractivity contribution in [3.8, 4) is 0 Å². The van der Waals surface area contributed by atoms with Gasteiger partial charge in [0.15, 0.2) is 0 Å². The summed E-state index contributed by atoms with van der Waals surface area (Å²) < 4.78 is 6.68. The van der Waals surface area contributed by atoms with Gasteiger partial charge in [-0.25, -0.2) is 4.98 Å². The van der Waals surface area contributed by atoms with Gasteiger partial charge >= 0.3 is 0 Å². The summed E-state index contributed by atoms with van der Waals surface area (Å²) in [6, 6.07) is 12.6. The molecule has 1 aromatic carbocycles. The van der Waals surface area contributed by atoms with Crippen molar-refractivity contribution in [2.45, 2.75) is 40.0 Å². The quantitative estimate of drug-likeness (QED) is 0.391. The highest BCUT2D eigenvalue weighted by molar-refractivity contribution is 9.10. The number of furan rings is 1. The number of anilines is 3. The predicted molar refractivity (Wildman–Crippen MR) is 131 cm³/mol. The van der Waals surface area contributed by atoms with Gasteiger partial charge in [-0.05, 0) is 61.6 Å². The molecule has 0 unspecified atom stereocenters. The van der Waals surface area contributed by atoms with Crippen molar-refractivity contribution in [2.24, 2.45) is 0 Å². The summed E-state index contributed by atoms with van der Waals surface area (Å²) in [6.07, 6.45) is 4.90. The first-order chi connectivity index (χ1) is 15.0. The summed E-state index contributed by atoms with van der Waals surface area (Å²) in [5, 5.41) is 0. The fraction of sp³-hybridized carbons (Fsp3) is 0.360. The zero-order valence-corrected chi connectivity index (χ0v) is 20.2. The number of hydrogen-bond donors (Lipinski definition) is 0. The summed E-state index contributed by atoms with van der Waals surface area (Å²) in [5.41, 5.74) is 4.63. The average molecular weight is 481 g/mol. The van der Waals surface area contributed by atoms with Crippen LogP contribution in [0.4, 0.5) is 17.5 Å². The largest absolute Gasteiger partial charge is 0.465 e. The third-order valence-corrected chi connectivity index (χ3v) is 6.36. The van der Waals surface area contributed by atoms with Crippen LogP contribution in [0.1, 0.15) is 50.1 Å². The smallest absolute Gasteiger partial charge is 0.232 e. The molecule has 3 aromatic rings. The summed E-state index contributed by atoms with van der Waals surface area (Å²) in [7, 11) is 0. The van der Waals surface area contributed by atoms with Crippen LogP contribution in [-0.2, 0) is 0 Å². The molecule has 3 heterocycles. The first-order valence-electron chi connectivity index (χ1n) is 10.9. The number of aromatic nitrogens is 2. The van der Waals surface area contributed by atoms with E-state index in [1.807, 2.05) is 19.1 Å². The minimum absolute atomic E-state index is 0.471. The zero-order chi connectivity index (χ0) is 22.0. The molecule has 0 N–H and O–H groups in total. The molecule has 0 saturated heterocycles. The number of aryl methyl sites for hydroxylation is 1. The normalized spacial score (nSPS) is 14.1. The maximum absolute atomic E-state index is 5.56. The van der Waals surface area contributed by atoms with Crippen molar-refractivity contribution in [3.63, 3.8) is 0 Å². The number of halogens is 1. The van der Waals surface area contributed by atoms with Crippen LogP contribution < -0.4 is 9.80 Å². The molecule has 6 heteroatoms. The van der Waals surface area contributed by atoms with E-state index >= 15 is 0 Å². The zero-order valence-electron chi connectivity index (χ0n) is 18.6. The summed E-state index contributed by atoms with van der Waals surface area (Å²) in [4.78, 5) is 14.2. The molecule has 4 rings (SSSR count). The van der Waals surface area contributed by atoms with Crippen molar-refractivity contribution in [1.29, 1.82) is 0 Å².